The standard InChI is InChI=1S/C35H41F2N7O6/c1-35(2,3)32(33-41-27(24-17-23(36)9-10-25(24)37)19-42(33)18-22-7-5-4-6-8-22)43(31(49)21-45)16-13-26(38)34(50)40-15-14-39-28(46)20-44-29(47)11-12-30(44)48/h4-12,17,19,26,32,45H,13-16,18,20-21,38H2,1-3H3,(H,39,46)(H,40,50)/t26-,32?/m0/s1. The number of amides is 5. The van der Waals surface area contributed by atoms with Crippen LogP contribution in [0.5, 0.6) is 0 Å². The molecule has 5 N–H and O–H groups in total. The zero-order valence-corrected chi connectivity index (χ0v) is 28.1. The number of aromatic nitrogens is 2. The van der Waals surface area contributed by atoms with Gasteiger partial charge in [-0.2, -0.15) is 0 Å². The van der Waals surface area contributed by atoms with Crippen LogP contribution in [0.4, 0.5) is 8.78 Å². The lowest BCUT2D eigenvalue weighted by atomic mass is 9.84. The van der Waals surface area contributed by atoms with Crippen LogP contribution in [-0.2, 0) is 30.5 Å². The summed E-state index contributed by atoms with van der Waals surface area (Å²) >= 11 is 0. The first kappa shape index (κ1) is 37.5. The summed E-state index contributed by atoms with van der Waals surface area (Å²) in [5, 5.41) is 15.1. The van der Waals surface area contributed by atoms with E-state index >= 15 is 0 Å². The monoisotopic (exact) mass is 693 g/mol. The molecule has 0 bridgehead atoms. The van der Waals surface area contributed by atoms with Crippen molar-refractivity contribution in [3.05, 3.63) is 89.9 Å². The number of rotatable bonds is 15. The lowest BCUT2D eigenvalue weighted by Gasteiger charge is -2.40. The van der Waals surface area contributed by atoms with Crippen molar-refractivity contribution in [1.29, 1.82) is 0 Å². The number of hydrogen-bond acceptors (Lipinski definition) is 8. The highest BCUT2D eigenvalue weighted by Gasteiger charge is 2.38. The van der Waals surface area contributed by atoms with E-state index in [4.69, 9.17) is 10.7 Å². The van der Waals surface area contributed by atoms with Crippen LogP contribution < -0.4 is 16.4 Å². The van der Waals surface area contributed by atoms with Gasteiger partial charge in [-0.3, -0.25) is 28.9 Å². The molecule has 2 heterocycles. The van der Waals surface area contributed by atoms with Gasteiger partial charge in [0.05, 0.1) is 17.8 Å². The van der Waals surface area contributed by atoms with E-state index in [1.54, 1.807) is 10.8 Å². The van der Waals surface area contributed by atoms with Crippen molar-refractivity contribution >= 4 is 29.5 Å². The van der Waals surface area contributed by atoms with Gasteiger partial charge in [-0.1, -0.05) is 51.1 Å². The van der Waals surface area contributed by atoms with Crippen molar-refractivity contribution < 1.29 is 37.9 Å². The van der Waals surface area contributed by atoms with E-state index < -0.39 is 71.8 Å². The highest BCUT2D eigenvalue weighted by Crippen LogP contribution is 2.39. The van der Waals surface area contributed by atoms with Gasteiger partial charge < -0.3 is 30.9 Å². The zero-order chi connectivity index (χ0) is 36.6. The van der Waals surface area contributed by atoms with Gasteiger partial charge in [0.25, 0.3) is 11.8 Å². The molecular weight excluding hydrogens is 652 g/mol. The molecule has 0 saturated heterocycles. The molecule has 3 aromatic rings. The second-order valence-electron chi connectivity index (χ2n) is 12.9. The molecule has 0 aliphatic carbocycles. The van der Waals surface area contributed by atoms with Crippen molar-refractivity contribution in [2.75, 3.05) is 32.8 Å². The normalized spacial score (nSPS) is 14.1. The Bertz CT molecular complexity index is 1740. The van der Waals surface area contributed by atoms with Crippen LogP contribution in [0.25, 0.3) is 11.3 Å². The lowest BCUT2D eigenvalue weighted by molar-refractivity contribution is -0.141. The number of carbonyl (C=O) groups excluding carboxylic acids is 5. The summed E-state index contributed by atoms with van der Waals surface area (Å²) in [5.74, 6) is -3.96. The summed E-state index contributed by atoms with van der Waals surface area (Å²) in [5.41, 5.74) is 6.45. The number of carbonyl (C=O) groups is 5. The summed E-state index contributed by atoms with van der Waals surface area (Å²) in [6.45, 7) is 4.52. The van der Waals surface area contributed by atoms with Gasteiger partial charge in [-0.15, -0.1) is 0 Å². The Labute approximate surface area is 288 Å². The Balaban J connectivity index is 1.50. The van der Waals surface area contributed by atoms with Crippen molar-refractivity contribution in [3.8, 4) is 11.3 Å². The van der Waals surface area contributed by atoms with Gasteiger partial charge >= 0.3 is 0 Å². The quantitative estimate of drug-likeness (QED) is 0.137. The zero-order valence-electron chi connectivity index (χ0n) is 28.1. The number of benzene rings is 2. The SMILES string of the molecule is CC(C)(C)C(c1nc(-c2cc(F)ccc2F)cn1Cc1ccccc1)N(CC[C@H](N)C(=O)NCCNC(=O)CN1C(=O)C=CC1=O)C(=O)CO. The van der Waals surface area contributed by atoms with Crippen LogP contribution in [0.3, 0.4) is 0 Å². The number of hydrogen-bond donors (Lipinski definition) is 4. The molecule has 4 rings (SSSR count). The summed E-state index contributed by atoms with van der Waals surface area (Å²) in [4.78, 5) is 68.5. The second kappa shape index (κ2) is 16.4. The highest BCUT2D eigenvalue weighted by molar-refractivity contribution is 6.14. The largest absolute Gasteiger partial charge is 0.387 e. The number of halogens is 2. The summed E-state index contributed by atoms with van der Waals surface area (Å²) < 4.78 is 30.9. The maximum atomic E-state index is 14.9. The molecule has 50 heavy (non-hydrogen) atoms. The fourth-order valence-corrected chi connectivity index (χ4v) is 5.58. The molecule has 15 heteroatoms. The van der Waals surface area contributed by atoms with E-state index in [9.17, 15) is 37.9 Å². The third-order valence-corrected chi connectivity index (χ3v) is 8.01. The molecule has 13 nitrogen and oxygen atoms in total. The highest BCUT2D eigenvalue weighted by atomic mass is 19.1. The van der Waals surface area contributed by atoms with E-state index in [1.807, 2.05) is 51.1 Å². The maximum absolute atomic E-state index is 14.9. The van der Waals surface area contributed by atoms with Crippen LogP contribution >= 0.6 is 0 Å². The van der Waals surface area contributed by atoms with E-state index in [0.29, 0.717) is 5.82 Å². The van der Waals surface area contributed by atoms with Crippen LogP contribution in [0.2, 0.25) is 0 Å². The molecule has 2 aromatic carbocycles. The van der Waals surface area contributed by atoms with Crippen LogP contribution in [0.1, 0.15) is 44.6 Å². The molecule has 2 atom stereocenters. The van der Waals surface area contributed by atoms with E-state index in [-0.39, 0.29) is 43.9 Å². The van der Waals surface area contributed by atoms with Crippen molar-refractivity contribution in [2.24, 2.45) is 11.1 Å². The lowest BCUT2D eigenvalue weighted by Crippen LogP contribution is -2.48. The summed E-state index contributed by atoms with van der Waals surface area (Å²) in [7, 11) is 0. The van der Waals surface area contributed by atoms with Gasteiger partial charge in [-0.05, 0) is 35.6 Å². The Kier molecular flexibility index (Phi) is 12.3. The molecule has 1 unspecified atom stereocenters. The van der Waals surface area contributed by atoms with Gasteiger partial charge in [0.1, 0.15) is 30.6 Å². The number of nitrogens with zero attached hydrogens (tertiary/aromatic N) is 4. The number of nitrogens with two attached hydrogens (primary N) is 1. The Hall–Kier alpha value is -5.28. The second-order valence-corrected chi connectivity index (χ2v) is 12.9. The van der Waals surface area contributed by atoms with E-state index in [1.165, 1.54) is 4.90 Å². The Morgan fingerprint density at radius 2 is 1.66 bits per heavy atom. The number of aliphatic hydroxyl groups excluding tert-OH is 1. The molecule has 1 aromatic heterocycles. The van der Waals surface area contributed by atoms with E-state index in [2.05, 4.69) is 10.6 Å². The Morgan fingerprint density at radius 1 is 1.00 bits per heavy atom. The topological polar surface area (TPSA) is 180 Å². The van der Waals surface area contributed by atoms with Crippen LogP contribution in [0, 0.1) is 17.0 Å². The number of imidazole rings is 1. The molecule has 5 amide bonds. The van der Waals surface area contributed by atoms with Gasteiger partial charge in [0.15, 0.2) is 0 Å². The molecule has 1 aliphatic heterocycles. The first-order chi connectivity index (χ1) is 23.7. The van der Waals surface area contributed by atoms with Crippen molar-refractivity contribution in [2.45, 2.75) is 45.8 Å². The predicted octanol–water partition coefficient (Wildman–Crippen LogP) is 1.66. The maximum Gasteiger partial charge on any atom is 0.254 e. The van der Waals surface area contributed by atoms with Gasteiger partial charge in [0.2, 0.25) is 17.7 Å². The molecule has 0 saturated carbocycles. The van der Waals surface area contributed by atoms with Crippen molar-refractivity contribution in [3.63, 3.8) is 0 Å². The first-order valence-corrected chi connectivity index (χ1v) is 16.0. The number of nitrogens with one attached hydrogen (secondary N) is 2. The number of aliphatic hydroxyl groups is 1. The fourth-order valence-electron chi connectivity index (χ4n) is 5.58. The average Bonchev–Trinajstić information content (AvgIpc) is 3.62. The molecule has 0 radical (unpaired) electrons. The third kappa shape index (κ3) is 9.45. The smallest absolute Gasteiger partial charge is 0.254 e. The minimum atomic E-state index is -1.09. The number of imide groups is 1. The summed E-state index contributed by atoms with van der Waals surface area (Å²) in [6.07, 6.45) is 3.71. The molecule has 0 spiro atoms. The molecule has 1 aliphatic rings. The first-order valence-electron chi connectivity index (χ1n) is 16.0. The summed E-state index contributed by atoms with van der Waals surface area (Å²) in [6, 6.07) is 10.5. The molecule has 0 fully saturated rings. The molecule has 266 valence electrons. The fraction of sp³-hybridized carbons (Fsp3) is 0.371. The minimum absolute atomic E-state index is 0.000475. The molecular formula is C35H41F2N7O6. The van der Waals surface area contributed by atoms with Gasteiger partial charge in [0, 0.05) is 50.1 Å². The van der Waals surface area contributed by atoms with Gasteiger partial charge in [-0.25, -0.2) is 13.8 Å². The minimum Gasteiger partial charge on any atom is -0.387 e. The van der Waals surface area contributed by atoms with Crippen LogP contribution in [-0.4, -0.2) is 92.8 Å². The third-order valence-electron chi connectivity index (χ3n) is 8.01. The van der Waals surface area contributed by atoms with Crippen molar-refractivity contribution in [1.82, 2.24) is 30.0 Å². The van der Waals surface area contributed by atoms with Crippen LogP contribution in [0.15, 0.2) is 66.9 Å². The predicted molar refractivity (Wildman–Crippen MR) is 179 cm³/mol. The Morgan fingerprint density at radius 3 is 2.30 bits per heavy atom. The van der Waals surface area contributed by atoms with E-state index in [0.717, 1.165) is 40.8 Å². The average molecular weight is 694 g/mol.